The second-order valence-electron chi connectivity index (χ2n) is 3.69. The number of rotatable bonds is 2. The zero-order valence-corrected chi connectivity index (χ0v) is 8.51. The summed E-state index contributed by atoms with van der Waals surface area (Å²) in [5, 5.41) is 0. The van der Waals surface area contributed by atoms with E-state index in [1.165, 1.54) is 0 Å². The van der Waals surface area contributed by atoms with E-state index in [4.69, 9.17) is 10.6 Å². The van der Waals surface area contributed by atoms with E-state index in [0.717, 1.165) is 0 Å². The maximum Gasteiger partial charge on any atom is 0.140 e. The maximum atomic E-state index is 5.30. The van der Waals surface area contributed by atoms with Gasteiger partial charge in [-0.25, -0.2) is 5.84 Å². The van der Waals surface area contributed by atoms with Crippen molar-refractivity contribution < 1.29 is 4.74 Å². The van der Waals surface area contributed by atoms with Gasteiger partial charge in [-0.15, -0.1) is 0 Å². The van der Waals surface area contributed by atoms with Gasteiger partial charge in [-0.3, -0.25) is 4.99 Å². The van der Waals surface area contributed by atoms with Gasteiger partial charge in [0.15, 0.2) is 0 Å². The molecule has 0 aliphatic heterocycles. The van der Waals surface area contributed by atoms with Crippen molar-refractivity contribution in [2.45, 2.75) is 39.3 Å². The van der Waals surface area contributed by atoms with E-state index in [1.807, 2.05) is 27.7 Å². The third-order valence-corrected chi connectivity index (χ3v) is 1.34. The molecule has 0 amide bonds. The van der Waals surface area contributed by atoms with Crippen LogP contribution in [0.1, 0.15) is 27.7 Å². The topological polar surface area (TPSA) is 59.6 Å². The fourth-order valence-electron chi connectivity index (χ4n) is 0.714. The van der Waals surface area contributed by atoms with Gasteiger partial charge >= 0.3 is 0 Å². The summed E-state index contributed by atoms with van der Waals surface area (Å²) in [7, 11) is 1.63. The van der Waals surface area contributed by atoms with Crippen LogP contribution < -0.4 is 11.3 Å². The Hall–Kier alpha value is -0.610. The number of nitrogens with zero attached hydrogens (tertiary/aromatic N) is 1. The van der Waals surface area contributed by atoms with Crippen LogP contribution in [-0.2, 0) is 4.74 Å². The highest BCUT2D eigenvalue weighted by Crippen LogP contribution is 2.07. The molecule has 0 aromatic carbocycles. The molecule has 72 valence electrons. The number of nitrogens with one attached hydrogen (secondary N) is 1. The molecule has 0 radical (unpaired) electrons. The van der Waals surface area contributed by atoms with Crippen molar-refractivity contribution in [3.05, 3.63) is 0 Å². The minimum Gasteiger partial charge on any atom is -0.374 e. The predicted octanol–water partition coefficient (Wildman–Crippen LogP) is 0.682. The number of methoxy groups -OCH3 is 1. The monoisotopic (exact) mass is 173 g/mol. The summed E-state index contributed by atoms with van der Waals surface area (Å²) < 4.78 is 5.08. The van der Waals surface area contributed by atoms with Gasteiger partial charge in [0.2, 0.25) is 0 Å². The molecule has 0 fully saturated rings. The third kappa shape index (κ3) is 4.31. The van der Waals surface area contributed by atoms with Crippen molar-refractivity contribution in [1.29, 1.82) is 0 Å². The molecule has 1 unspecified atom stereocenters. The van der Waals surface area contributed by atoms with Crippen LogP contribution >= 0.6 is 0 Å². The quantitative estimate of drug-likeness (QED) is 0.279. The molecule has 4 heteroatoms. The molecule has 4 nitrogen and oxygen atoms in total. The first-order valence-electron chi connectivity index (χ1n) is 4.00. The maximum absolute atomic E-state index is 5.30. The van der Waals surface area contributed by atoms with Crippen molar-refractivity contribution in [1.82, 2.24) is 5.43 Å². The summed E-state index contributed by atoms with van der Waals surface area (Å²) >= 11 is 0. The number of nitrogens with two attached hydrogens (primary N) is 1. The van der Waals surface area contributed by atoms with Gasteiger partial charge in [-0.1, -0.05) is 0 Å². The number of hydrazine groups is 1. The lowest BCUT2D eigenvalue weighted by molar-refractivity contribution is 0.166. The lowest BCUT2D eigenvalue weighted by Crippen LogP contribution is -2.40. The minimum absolute atomic E-state index is 0.0887. The van der Waals surface area contributed by atoms with Gasteiger partial charge in [0.25, 0.3) is 0 Å². The summed E-state index contributed by atoms with van der Waals surface area (Å²) in [4.78, 5) is 4.35. The summed E-state index contributed by atoms with van der Waals surface area (Å²) in [5.41, 5.74) is 2.40. The number of ether oxygens (including phenoxy) is 1. The van der Waals surface area contributed by atoms with Gasteiger partial charge in [-0.2, -0.15) is 0 Å². The van der Waals surface area contributed by atoms with Crippen LogP contribution in [0.2, 0.25) is 0 Å². The molecule has 0 aliphatic carbocycles. The molecule has 3 N–H and O–H groups in total. The summed E-state index contributed by atoms with van der Waals surface area (Å²) in [6.45, 7) is 7.91. The molecule has 0 aliphatic rings. The standard InChI is InChI=1S/C8H19N3O/c1-6(12-5)7(11-9)10-8(2,3)4/h6H,9H2,1-5H3,(H,10,11). The van der Waals surface area contributed by atoms with Gasteiger partial charge < -0.3 is 10.2 Å². The molecular weight excluding hydrogens is 154 g/mol. The van der Waals surface area contributed by atoms with Crippen molar-refractivity contribution in [3.63, 3.8) is 0 Å². The van der Waals surface area contributed by atoms with E-state index < -0.39 is 0 Å². The van der Waals surface area contributed by atoms with Crippen molar-refractivity contribution in [2.24, 2.45) is 10.8 Å². The number of hydrogen-bond acceptors (Lipinski definition) is 3. The first kappa shape index (κ1) is 11.4. The van der Waals surface area contributed by atoms with Gasteiger partial charge in [0.1, 0.15) is 11.9 Å². The van der Waals surface area contributed by atoms with E-state index in [1.54, 1.807) is 7.11 Å². The fraction of sp³-hybridized carbons (Fsp3) is 0.875. The van der Waals surface area contributed by atoms with Crippen LogP contribution in [0.5, 0.6) is 0 Å². The Labute approximate surface area is 74.2 Å². The second kappa shape index (κ2) is 4.42. The second-order valence-corrected chi connectivity index (χ2v) is 3.69. The zero-order valence-electron chi connectivity index (χ0n) is 8.51. The van der Waals surface area contributed by atoms with Crippen LogP contribution in [0.3, 0.4) is 0 Å². The molecule has 0 rings (SSSR count). The van der Waals surface area contributed by atoms with E-state index >= 15 is 0 Å². The lowest BCUT2D eigenvalue weighted by atomic mass is 10.1. The van der Waals surface area contributed by atoms with E-state index in [9.17, 15) is 0 Å². The SMILES string of the molecule is COC(C)C(=NC(C)(C)C)NN. The Bertz CT molecular complexity index is 160. The highest BCUT2D eigenvalue weighted by Gasteiger charge is 2.13. The number of hydrogen-bond donors (Lipinski definition) is 2. The molecule has 0 bridgehead atoms. The predicted molar refractivity (Wildman–Crippen MR) is 51.0 cm³/mol. The van der Waals surface area contributed by atoms with Gasteiger partial charge in [0.05, 0.1) is 5.54 Å². The third-order valence-electron chi connectivity index (χ3n) is 1.34. The summed E-state index contributed by atoms with van der Waals surface area (Å²) in [6.07, 6.45) is -0.0887. The van der Waals surface area contributed by atoms with Crippen LogP contribution in [0, 0.1) is 0 Å². The van der Waals surface area contributed by atoms with E-state index in [-0.39, 0.29) is 11.6 Å². The largest absolute Gasteiger partial charge is 0.374 e. The number of aliphatic imine (C=N–C) groups is 1. The average Bonchev–Trinajstić information content (AvgIpc) is 1.97. The fourth-order valence-corrected chi connectivity index (χ4v) is 0.714. The Kier molecular flexibility index (Phi) is 4.20. The minimum atomic E-state index is -0.130. The Morgan fingerprint density at radius 1 is 1.50 bits per heavy atom. The van der Waals surface area contributed by atoms with Crippen LogP contribution in [0.4, 0.5) is 0 Å². The molecule has 12 heavy (non-hydrogen) atoms. The van der Waals surface area contributed by atoms with Crippen LogP contribution in [-0.4, -0.2) is 24.6 Å². The Morgan fingerprint density at radius 3 is 2.25 bits per heavy atom. The molecule has 1 atom stereocenters. The smallest absolute Gasteiger partial charge is 0.140 e. The van der Waals surface area contributed by atoms with Crippen LogP contribution in [0.15, 0.2) is 4.99 Å². The van der Waals surface area contributed by atoms with Crippen molar-refractivity contribution in [3.8, 4) is 0 Å². The molecule has 0 aromatic rings. The molecule has 0 saturated heterocycles. The van der Waals surface area contributed by atoms with Crippen LogP contribution in [0.25, 0.3) is 0 Å². The molecule has 0 spiro atoms. The molecule has 0 heterocycles. The molecule has 0 aromatic heterocycles. The highest BCUT2D eigenvalue weighted by atomic mass is 16.5. The molecular formula is C8H19N3O. The summed E-state index contributed by atoms with van der Waals surface area (Å²) in [5.74, 6) is 5.97. The Balaban J connectivity index is 4.43. The lowest BCUT2D eigenvalue weighted by Gasteiger charge is -2.18. The van der Waals surface area contributed by atoms with Crippen molar-refractivity contribution >= 4 is 5.84 Å². The highest BCUT2D eigenvalue weighted by molar-refractivity contribution is 5.86. The number of amidine groups is 1. The van der Waals surface area contributed by atoms with E-state index in [0.29, 0.717) is 5.84 Å². The Morgan fingerprint density at radius 2 is 2.00 bits per heavy atom. The normalized spacial score (nSPS) is 16.0. The zero-order chi connectivity index (χ0) is 9.78. The summed E-state index contributed by atoms with van der Waals surface area (Å²) in [6, 6.07) is 0. The van der Waals surface area contributed by atoms with E-state index in [2.05, 4.69) is 10.4 Å². The molecule has 0 saturated carbocycles. The first-order valence-corrected chi connectivity index (χ1v) is 4.00. The average molecular weight is 173 g/mol. The first-order chi connectivity index (χ1) is 5.40. The van der Waals surface area contributed by atoms with Gasteiger partial charge in [-0.05, 0) is 27.7 Å². The van der Waals surface area contributed by atoms with Gasteiger partial charge in [0, 0.05) is 7.11 Å². The van der Waals surface area contributed by atoms with Crippen molar-refractivity contribution in [2.75, 3.05) is 7.11 Å².